The molecule has 0 unspecified atom stereocenters. The van der Waals surface area contributed by atoms with Gasteiger partial charge in [-0.1, -0.05) is 194 Å². The number of fused-ring (bicyclic) bond motifs is 13. The predicted molar refractivity (Wildman–Crippen MR) is 235 cm³/mol. The van der Waals surface area contributed by atoms with Crippen LogP contribution in [0, 0.1) is 0 Å². The molecule has 1 aromatic heterocycles. The first kappa shape index (κ1) is 31.9. The van der Waals surface area contributed by atoms with Crippen molar-refractivity contribution >= 4 is 21.5 Å². The zero-order valence-electron chi connectivity index (χ0n) is 31.0. The van der Waals surface area contributed by atoms with Crippen LogP contribution in [0.25, 0.3) is 88.8 Å². The van der Waals surface area contributed by atoms with Gasteiger partial charge < -0.3 is 0 Å². The van der Waals surface area contributed by atoms with Crippen molar-refractivity contribution in [2.24, 2.45) is 0 Å². The molecule has 10 aromatic rings. The molecule has 2 heteroatoms. The van der Waals surface area contributed by atoms with Crippen LogP contribution >= 0.6 is 0 Å². The summed E-state index contributed by atoms with van der Waals surface area (Å²) in [4.78, 5) is 10.3. The maximum absolute atomic E-state index is 5.17. The van der Waals surface area contributed by atoms with Crippen molar-refractivity contribution < 1.29 is 0 Å². The molecule has 0 saturated heterocycles. The second-order valence-corrected chi connectivity index (χ2v) is 15.2. The summed E-state index contributed by atoms with van der Waals surface area (Å²) in [6.45, 7) is 0. The fourth-order valence-corrected chi connectivity index (χ4v) is 9.84. The van der Waals surface area contributed by atoms with E-state index in [-0.39, 0.29) is 5.41 Å². The number of hydrogen-bond donors (Lipinski definition) is 0. The fourth-order valence-electron chi connectivity index (χ4n) is 9.84. The molecule has 2 nitrogen and oxygen atoms in total. The van der Waals surface area contributed by atoms with Crippen LogP contribution in [0.4, 0.5) is 0 Å². The Bertz CT molecular complexity index is 3190. The summed E-state index contributed by atoms with van der Waals surface area (Å²) < 4.78 is 0. The average Bonchev–Trinajstić information content (AvgIpc) is 3.77. The van der Waals surface area contributed by atoms with Gasteiger partial charge in [0.2, 0.25) is 0 Å². The quantitative estimate of drug-likeness (QED) is 0.169. The van der Waals surface area contributed by atoms with E-state index < -0.39 is 0 Å². The summed E-state index contributed by atoms with van der Waals surface area (Å²) in [5, 5.41) is 4.94. The van der Waals surface area contributed by atoms with Gasteiger partial charge in [-0.15, -0.1) is 0 Å². The lowest BCUT2D eigenvalue weighted by atomic mass is 9.70. The van der Waals surface area contributed by atoms with Crippen LogP contribution in [0.2, 0.25) is 0 Å². The monoisotopic (exact) mass is 722 g/mol. The lowest BCUT2D eigenvalue weighted by Gasteiger charge is -2.30. The fraction of sp³-hybridized carbons (Fsp3) is 0.0182. The molecule has 0 N–H and O–H groups in total. The van der Waals surface area contributed by atoms with E-state index in [9.17, 15) is 0 Å². The molecule has 1 spiro atoms. The Labute approximate surface area is 331 Å². The van der Waals surface area contributed by atoms with Crippen molar-refractivity contribution in [3.63, 3.8) is 0 Å². The lowest BCUT2D eigenvalue weighted by molar-refractivity contribution is 0.794. The third kappa shape index (κ3) is 4.65. The summed E-state index contributed by atoms with van der Waals surface area (Å²) >= 11 is 0. The van der Waals surface area contributed by atoms with Crippen molar-refractivity contribution in [3.8, 4) is 67.3 Å². The smallest absolute Gasteiger partial charge is 0.160 e. The van der Waals surface area contributed by atoms with Gasteiger partial charge in [-0.05, 0) is 89.3 Å². The molecular weight excluding hydrogens is 689 g/mol. The van der Waals surface area contributed by atoms with Gasteiger partial charge in [0, 0.05) is 16.7 Å². The first-order chi connectivity index (χ1) is 28.3. The third-order valence-electron chi connectivity index (χ3n) is 12.3. The zero-order chi connectivity index (χ0) is 37.5. The largest absolute Gasteiger partial charge is 0.228 e. The third-order valence-corrected chi connectivity index (χ3v) is 12.3. The molecule has 0 aliphatic heterocycles. The van der Waals surface area contributed by atoms with E-state index in [0.717, 1.165) is 28.1 Å². The van der Waals surface area contributed by atoms with E-state index in [1.165, 1.54) is 77.2 Å². The summed E-state index contributed by atoms with van der Waals surface area (Å²) in [6.07, 6.45) is 0. The highest BCUT2D eigenvalue weighted by atomic mass is 14.9. The Kier molecular flexibility index (Phi) is 6.88. The maximum atomic E-state index is 5.17. The molecule has 0 atom stereocenters. The summed E-state index contributed by atoms with van der Waals surface area (Å²) in [7, 11) is 0. The topological polar surface area (TPSA) is 25.8 Å². The zero-order valence-corrected chi connectivity index (χ0v) is 31.0. The summed E-state index contributed by atoms with van der Waals surface area (Å²) in [5.74, 6) is 0.714. The van der Waals surface area contributed by atoms with Crippen LogP contribution in [0.15, 0.2) is 206 Å². The molecule has 264 valence electrons. The van der Waals surface area contributed by atoms with Crippen LogP contribution in [0.1, 0.15) is 22.3 Å². The van der Waals surface area contributed by atoms with E-state index in [2.05, 4.69) is 188 Å². The Hall–Kier alpha value is -7.42. The molecule has 0 bridgehead atoms. The van der Waals surface area contributed by atoms with E-state index >= 15 is 0 Å². The van der Waals surface area contributed by atoms with Crippen molar-refractivity contribution in [2.75, 3.05) is 0 Å². The lowest BCUT2D eigenvalue weighted by Crippen LogP contribution is -2.25. The van der Waals surface area contributed by atoms with Crippen molar-refractivity contribution in [3.05, 3.63) is 229 Å². The maximum Gasteiger partial charge on any atom is 0.160 e. The van der Waals surface area contributed by atoms with Gasteiger partial charge >= 0.3 is 0 Å². The molecule has 12 rings (SSSR count). The van der Waals surface area contributed by atoms with Crippen LogP contribution in [0.5, 0.6) is 0 Å². The Morgan fingerprint density at radius 1 is 0.298 bits per heavy atom. The second kappa shape index (κ2) is 12.3. The van der Waals surface area contributed by atoms with Crippen LogP contribution in [-0.4, -0.2) is 9.97 Å². The number of rotatable bonds is 4. The minimum absolute atomic E-state index is 0.365. The van der Waals surface area contributed by atoms with E-state index in [0.29, 0.717) is 5.82 Å². The number of nitrogens with zero attached hydrogens (tertiary/aromatic N) is 2. The van der Waals surface area contributed by atoms with Crippen molar-refractivity contribution in [1.29, 1.82) is 0 Å². The average molecular weight is 723 g/mol. The molecule has 0 saturated carbocycles. The van der Waals surface area contributed by atoms with Crippen LogP contribution in [-0.2, 0) is 5.41 Å². The Morgan fingerprint density at radius 3 is 1.58 bits per heavy atom. The van der Waals surface area contributed by atoms with Gasteiger partial charge in [0.1, 0.15) is 0 Å². The molecule has 0 fully saturated rings. The van der Waals surface area contributed by atoms with Gasteiger partial charge in [-0.25, -0.2) is 9.97 Å². The summed E-state index contributed by atoms with van der Waals surface area (Å²) in [5.41, 5.74) is 17.6. The number of aromatic nitrogens is 2. The van der Waals surface area contributed by atoms with Crippen LogP contribution in [0.3, 0.4) is 0 Å². The van der Waals surface area contributed by atoms with Crippen molar-refractivity contribution in [2.45, 2.75) is 5.41 Å². The van der Waals surface area contributed by atoms with Crippen LogP contribution < -0.4 is 0 Å². The van der Waals surface area contributed by atoms with Gasteiger partial charge in [-0.2, -0.15) is 0 Å². The van der Waals surface area contributed by atoms with Gasteiger partial charge in [-0.3, -0.25) is 0 Å². The minimum atomic E-state index is -0.365. The minimum Gasteiger partial charge on any atom is -0.228 e. The summed E-state index contributed by atoms with van der Waals surface area (Å²) in [6, 6.07) is 75.0. The van der Waals surface area contributed by atoms with Crippen molar-refractivity contribution in [1.82, 2.24) is 9.97 Å². The Balaban J connectivity index is 0.994. The second-order valence-electron chi connectivity index (χ2n) is 15.2. The number of hydrogen-bond acceptors (Lipinski definition) is 2. The highest BCUT2D eigenvalue weighted by molar-refractivity contribution is 6.08. The molecule has 0 amide bonds. The molecule has 0 radical (unpaired) electrons. The van der Waals surface area contributed by atoms with E-state index in [1.807, 2.05) is 18.2 Å². The first-order valence-electron chi connectivity index (χ1n) is 19.7. The van der Waals surface area contributed by atoms with Gasteiger partial charge in [0.05, 0.1) is 16.8 Å². The Morgan fingerprint density at radius 2 is 0.825 bits per heavy atom. The SMILES string of the molecule is c1ccc(-c2nc(-c3ccc(-c4cccc5c4-c4ccccc4C54c5ccccc5-c5ccccc54)cc3)cc(-c3ccc4c(ccc5ccccc54)c3)n2)cc1. The normalized spacial score (nSPS) is 13.1. The highest BCUT2D eigenvalue weighted by Crippen LogP contribution is 2.63. The number of benzene rings is 9. The molecule has 9 aromatic carbocycles. The molecule has 2 aliphatic rings. The standard InChI is InChI=1S/C55H34N2/c1-2-14-38(15-3-1)54-56-51(34-52(57-54)40-31-32-42-39(33-40)30-27-35-13-4-5-16-41(35)42)37-28-25-36(26-29-37)43-20-12-24-50-53(43)46-19-8-11-23-49(46)55(50)47-21-9-6-17-44(47)45-18-7-10-22-48(45)55/h1-34H. The first-order valence-corrected chi connectivity index (χ1v) is 19.7. The van der Waals surface area contributed by atoms with Gasteiger partial charge in [0.25, 0.3) is 0 Å². The molecule has 1 heterocycles. The molecule has 2 aliphatic carbocycles. The van der Waals surface area contributed by atoms with E-state index in [4.69, 9.17) is 9.97 Å². The predicted octanol–water partition coefficient (Wildman–Crippen LogP) is 13.8. The molecule has 57 heavy (non-hydrogen) atoms. The highest BCUT2D eigenvalue weighted by Gasteiger charge is 2.51. The van der Waals surface area contributed by atoms with Gasteiger partial charge in [0.15, 0.2) is 5.82 Å². The molecular formula is C55H34N2. The van der Waals surface area contributed by atoms with E-state index in [1.54, 1.807) is 0 Å².